The van der Waals surface area contributed by atoms with Crippen molar-refractivity contribution in [2.75, 3.05) is 10.5 Å². The number of sulfonamides is 1. The first-order valence-corrected chi connectivity index (χ1v) is 8.33. The third-order valence-electron chi connectivity index (χ3n) is 2.94. The summed E-state index contributed by atoms with van der Waals surface area (Å²) in [6, 6.07) is 7.45. The molecule has 2 aromatic carbocycles. The Balaban J connectivity index is 2.45. The molecule has 2 aromatic rings. The van der Waals surface area contributed by atoms with E-state index >= 15 is 0 Å². The SMILES string of the molecule is Cc1cc(NS(=O)(=O)c2cc(N)cc(C)c2F)ccc1Br. The standard InChI is InChI=1S/C14H14BrFN2O2S/c1-8-6-11(3-4-12(8)15)18-21(19,20)13-7-10(17)5-9(2)14(13)16/h3-7,18H,17H2,1-2H3. The van der Waals surface area contributed by atoms with Crippen LogP contribution in [0.5, 0.6) is 0 Å². The van der Waals surface area contributed by atoms with Gasteiger partial charge in [-0.25, -0.2) is 12.8 Å². The first kappa shape index (κ1) is 15.8. The van der Waals surface area contributed by atoms with Crippen molar-refractivity contribution in [1.29, 1.82) is 0 Å². The van der Waals surface area contributed by atoms with Gasteiger partial charge in [0.05, 0.1) is 0 Å². The van der Waals surface area contributed by atoms with Crippen LogP contribution in [0.1, 0.15) is 11.1 Å². The summed E-state index contributed by atoms with van der Waals surface area (Å²) in [5.41, 5.74) is 7.19. The Hall–Kier alpha value is -1.60. The van der Waals surface area contributed by atoms with E-state index in [0.29, 0.717) is 5.69 Å². The predicted molar refractivity (Wildman–Crippen MR) is 85.2 cm³/mol. The summed E-state index contributed by atoms with van der Waals surface area (Å²) >= 11 is 3.33. The molecule has 0 saturated heterocycles. The number of halogens is 2. The quantitative estimate of drug-likeness (QED) is 0.808. The maximum Gasteiger partial charge on any atom is 0.264 e. The van der Waals surface area contributed by atoms with Crippen molar-refractivity contribution in [1.82, 2.24) is 0 Å². The van der Waals surface area contributed by atoms with E-state index in [4.69, 9.17) is 5.73 Å². The van der Waals surface area contributed by atoms with Gasteiger partial charge in [0, 0.05) is 15.8 Å². The van der Waals surface area contributed by atoms with Gasteiger partial charge in [-0.3, -0.25) is 4.72 Å². The van der Waals surface area contributed by atoms with Crippen molar-refractivity contribution in [2.45, 2.75) is 18.7 Å². The molecule has 0 heterocycles. The van der Waals surface area contributed by atoms with E-state index in [-0.39, 0.29) is 11.3 Å². The van der Waals surface area contributed by atoms with Gasteiger partial charge in [0.25, 0.3) is 10.0 Å². The number of anilines is 2. The van der Waals surface area contributed by atoms with Gasteiger partial charge < -0.3 is 5.73 Å². The van der Waals surface area contributed by atoms with Crippen LogP contribution in [0.2, 0.25) is 0 Å². The van der Waals surface area contributed by atoms with Crippen molar-refractivity contribution in [3.8, 4) is 0 Å². The minimum Gasteiger partial charge on any atom is -0.399 e. The van der Waals surface area contributed by atoms with Gasteiger partial charge >= 0.3 is 0 Å². The molecule has 7 heteroatoms. The van der Waals surface area contributed by atoms with Crippen LogP contribution in [0.25, 0.3) is 0 Å². The van der Waals surface area contributed by atoms with Crippen molar-refractivity contribution in [3.63, 3.8) is 0 Å². The average Bonchev–Trinajstić information content (AvgIpc) is 2.37. The molecule has 2 rings (SSSR count). The monoisotopic (exact) mass is 372 g/mol. The predicted octanol–water partition coefficient (Wildman–Crippen LogP) is 3.59. The summed E-state index contributed by atoms with van der Waals surface area (Å²) in [4.78, 5) is -0.458. The molecule has 0 atom stereocenters. The summed E-state index contributed by atoms with van der Waals surface area (Å²) < 4.78 is 41.9. The van der Waals surface area contributed by atoms with E-state index < -0.39 is 20.7 Å². The fourth-order valence-electron chi connectivity index (χ4n) is 1.88. The molecule has 4 nitrogen and oxygen atoms in total. The summed E-state index contributed by atoms with van der Waals surface area (Å²) in [6.07, 6.45) is 0. The molecule has 0 unspecified atom stereocenters. The van der Waals surface area contributed by atoms with Crippen LogP contribution in [-0.4, -0.2) is 8.42 Å². The van der Waals surface area contributed by atoms with Crippen LogP contribution in [0.15, 0.2) is 39.7 Å². The number of hydrogen-bond donors (Lipinski definition) is 2. The van der Waals surface area contributed by atoms with Gasteiger partial charge in [-0.15, -0.1) is 0 Å². The highest BCUT2D eigenvalue weighted by atomic mass is 79.9. The highest BCUT2D eigenvalue weighted by molar-refractivity contribution is 9.10. The van der Waals surface area contributed by atoms with E-state index in [1.165, 1.54) is 13.0 Å². The minimum atomic E-state index is -4.04. The molecule has 0 amide bonds. The molecule has 0 bridgehead atoms. The van der Waals surface area contributed by atoms with E-state index in [1.807, 2.05) is 6.92 Å². The first-order valence-electron chi connectivity index (χ1n) is 6.05. The van der Waals surface area contributed by atoms with Crippen LogP contribution < -0.4 is 10.5 Å². The maximum absolute atomic E-state index is 14.0. The summed E-state index contributed by atoms with van der Waals surface area (Å²) in [5, 5.41) is 0. The van der Waals surface area contributed by atoms with Gasteiger partial charge in [-0.2, -0.15) is 0 Å². The zero-order valence-electron chi connectivity index (χ0n) is 11.4. The van der Waals surface area contributed by atoms with E-state index in [9.17, 15) is 12.8 Å². The summed E-state index contributed by atoms with van der Waals surface area (Å²) in [6.45, 7) is 3.29. The molecule has 0 aromatic heterocycles. The summed E-state index contributed by atoms with van der Waals surface area (Å²) in [7, 11) is -4.04. The Morgan fingerprint density at radius 1 is 1.14 bits per heavy atom. The van der Waals surface area contributed by atoms with Gasteiger partial charge in [0.1, 0.15) is 10.7 Å². The van der Waals surface area contributed by atoms with Crippen LogP contribution >= 0.6 is 15.9 Å². The number of aryl methyl sites for hydroxylation is 2. The maximum atomic E-state index is 14.0. The zero-order chi connectivity index (χ0) is 15.8. The molecule has 0 saturated carbocycles. The van der Waals surface area contributed by atoms with Crippen molar-refractivity contribution < 1.29 is 12.8 Å². The average molecular weight is 373 g/mol. The third-order valence-corrected chi connectivity index (χ3v) is 5.21. The topological polar surface area (TPSA) is 72.2 Å². The van der Waals surface area contributed by atoms with E-state index in [0.717, 1.165) is 16.1 Å². The Kier molecular flexibility index (Phi) is 4.25. The Morgan fingerprint density at radius 3 is 2.43 bits per heavy atom. The third kappa shape index (κ3) is 3.36. The lowest BCUT2D eigenvalue weighted by Crippen LogP contribution is -2.15. The first-order chi connectivity index (χ1) is 9.70. The highest BCUT2D eigenvalue weighted by Crippen LogP contribution is 2.26. The summed E-state index contributed by atoms with van der Waals surface area (Å²) in [5.74, 6) is -0.800. The van der Waals surface area contributed by atoms with E-state index in [2.05, 4.69) is 20.7 Å². The largest absolute Gasteiger partial charge is 0.399 e. The lowest BCUT2D eigenvalue weighted by molar-refractivity contribution is 0.565. The smallest absolute Gasteiger partial charge is 0.264 e. The highest BCUT2D eigenvalue weighted by Gasteiger charge is 2.21. The van der Waals surface area contributed by atoms with Gasteiger partial charge in [-0.1, -0.05) is 15.9 Å². The Bertz CT molecular complexity index is 807. The molecule has 0 aliphatic carbocycles. The Labute approximate surface area is 131 Å². The normalized spacial score (nSPS) is 11.4. The van der Waals surface area contributed by atoms with Crippen LogP contribution in [0, 0.1) is 19.7 Å². The molecule has 0 aliphatic rings. The molecule has 0 aliphatic heterocycles. The number of rotatable bonds is 3. The van der Waals surface area contributed by atoms with Gasteiger partial charge in [0.2, 0.25) is 0 Å². The Morgan fingerprint density at radius 2 is 1.81 bits per heavy atom. The second kappa shape index (κ2) is 5.65. The van der Waals surface area contributed by atoms with Crippen molar-refractivity contribution in [2.24, 2.45) is 0 Å². The number of benzene rings is 2. The molecule has 0 spiro atoms. The molecule has 21 heavy (non-hydrogen) atoms. The van der Waals surface area contributed by atoms with Crippen LogP contribution in [0.4, 0.5) is 15.8 Å². The van der Waals surface area contributed by atoms with Crippen molar-refractivity contribution >= 4 is 37.3 Å². The number of nitrogens with two attached hydrogens (primary N) is 1. The number of nitrogen functional groups attached to an aromatic ring is 1. The fourth-order valence-corrected chi connectivity index (χ4v) is 3.36. The molecule has 0 radical (unpaired) electrons. The number of hydrogen-bond acceptors (Lipinski definition) is 3. The second-order valence-corrected chi connectivity index (χ2v) is 7.22. The van der Waals surface area contributed by atoms with Crippen molar-refractivity contribution in [3.05, 3.63) is 51.7 Å². The molecule has 112 valence electrons. The second-order valence-electron chi connectivity index (χ2n) is 4.72. The van der Waals surface area contributed by atoms with Crippen LogP contribution in [-0.2, 0) is 10.0 Å². The molecule has 3 N–H and O–H groups in total. The minimum absolute atomic E-state index is 0.183. The molecule has 0 fully saturated rings. The van der Waals surface area contributed by atoms with Gasteiger partial charge in [-0.05, 0) is 55.3 Å². The lowest BCUT2D eigenvalue weighted by Gasteiger charge is -2.12. The lowest BCUT2D eigenvalue weighted by atomic mass is 10.2. The van der Waals surface area contributed by atoms with Crippen LogP contribution in [0.3, 0.4) is 0 Å². The molecular weight excluding hydrogens is 359 g/mol. The zero-order valence-corrected chi connectivity index (χ0v) is 13.8. The number of nitrogens with one attached hydrogen (secondary N) is 1. The molecular formula is C14H14BrFN2O2S. The fraction of sp³-hybridized carbons (Fsp3) is 0.143. The van der Waals surface area contributed by atoms with E-state index in [1.54, 1.807) is 18.2 Å². The van der Waals surface area contributed by atoms with Gasteiger partial charge in [0.15, 0.2) is 0 Å².